The van der Waals surface area contributed by atoms with Crippen molar-refractivity contribution in [2.45, 2.75) is 26.2 Å². The molecule has 3 nitrogen and oxygen atoms in total. The molecular weight excluding hydrogens is 190 g/mol. The number of aromatic nitrogens is 1. The molecule has 0 saturated carbocycles. The molecule has 1 heterocycles. The second-order valence-electron chi connectivity index (χ2n) is 3.37. The van der Waals surface area contributed by atoms with Gasteiger partial charge in [-0.25, -0.2) is 0 Å². The lowest BCUT2D eigenvalue weighted by atomic mass is 10.1. The van der Waals surface area contributed by atoms with E-state index in [2.05, 4.69) is 11.9 Å². The topological polar surface area (TPSA) is 39.2 Å². The minimum Gasteiger partial charge on any atom is -0.381 e. The highest BCUT2D eigenvalue weighted by Gasteiger charge is 2.04. The molecule has 0 aliphatic rings. The Labute approximate surface area is 90.5 Å². The van der Waals surface area contributed by atoms with Gasteiger partial charge in [0.15, 0.2) is 5.78 Å². The standard InChI is InChI=1S/C12H17NO2/c1-2-3-9-15-10-6-12(14)11-4-7-13-8-5-11/h4-5,7-8H,2-3,6,9-10H2,1H3. The smallest absolute Gasteiger partial charge is 0.165 e. The Kier molecular flexibility index (Phi) is 5.63. The van der Waals surface area contributed by atoms with Crippen LogP contribution in [0.1, 0.15) is 36.5 Å². The van der Waals surface area contributed by atoms with Crippen molar-refractivity contribution in [1.29, 1.82) is 0 Å². The van der Waals surface area contributed by atoms with Crippen LogP contribution >= 0.6 is 0 Å². The third kappa shape index (κ3) is 4.70. The van der Waals surface area contributed by atoms with Gasteiger partial charge in [0, 0.05) is 31.0 Å². The Morgan fingerprint density at radius 3 is 2.73 bits per heavy atom. The summed E-state index contributed by atoms with van der Waals surface area (Å²) in [5.41, 5.74) is 0.712. The zero-order valence-corrected chi connectivity index (χ0v) is 9.11. The summed E-state index contributed by atoms with van der Waals surface area (Å²) in [6.07, 6.45) is 5.89. The van der Waals surface area contributed by atoms with E-state index in [1.807, 2.05) is 0 Å². The van der Waals surface area contributed by atoms with E-state index in [1.54, 1.807) is 24.5 Å². The highest BCUT2D eigenvalue weighted by atomic mass is 16.5. The van der Waals surface area contributed by atoms with E-state index in [4.69, 9.17) is 4.74 Å². The first-order chi connectivity index (χ1) is 7.34. The van der Waals surface area contributed by atoms with Crippen LogP contribution in [0, 0.1) is 0 Å². The molecule has 1 rings (SSSR count). The molecular formula is C12H17NO2. The number of nitrogens with zero attached hydrogens (tertiary/aromatic N) is 1. The van der Waals surface area contributed by atoms with E-state index in [0.29, 0.717) is 18.6 Å². The predicted molar refractivity (Wildman–Crippen MR) is 58.9 cm³/mol. The average Bonchev–Trinajstić information content (AvgIpc) is 2.30. The third-order valence-corrected chi connectivity index (χ3v) is 2.12. The Hall–Kier alpha value is -1.22. The van der Waals surface area contributed by atoms with Crippen molar-refractivity contribution in [3.8, 4) is 0 Å². The van der Waals surface area contributed by atoms with Crippen LogP contribution in [0.4, 0.5) is 0 Å². The molecule has 3 heteroatoms. The van der Waals surface area contributed by atoms with Crippen LogP contribution in [0.5, 0.6) is 0 Å². The maximum absolute atomic E-state index is 11.6. The number of ketones is 1. The number of pyridine rings is 1. The highest BCUT2D eigenvalue weighted by molar-refractivity contribution is 5.95. The van der Waals surface area contributed by atoms with Crippen LogP contribution in [0.2, 0.25) is 0 Å². The fourth-order valence-electron chi connectivity index (χ4n) is 1.20. The molecule has 0 N–H and O–H groups in total. The molecule has 15 heavy (non-hydrogen) atoms. The summed E-state index contributed by atoms with van der Waals surface area (Å²) in [6.45, 7) is 3.38. The fourth-order valence-corrected chi connectivity index (χ4v) is 1.20. The quantitative estimate of drug-likeness (QED) is 0.509. The summed E-state index contributed by atoms with van der Waals surface area (Å²) in [5, 5.41) is 0. The SMILES string of the molecule is CCCCOCCC(=O)c1ccncc1. The van der Waals surface area contributed by atoms with E-state index in [0.717, 1.165) is 19.4 Å². The third-order valence-electron chi connectivity index (χ3n) is 2.12. The largest absolute Gasteiger partial charge is 0.381 e. The van der Waals surface area contributed by atoms with Gasteiger partial charge in [-0.1, -0.05) is 13.3 Å². The lowest BCUT2D eigenvalue weighted by Gasteiger charge is -2.02. The maximum atomic E-state index is 11.6. The van der Waals surface area contributed by atoms with Crippen molar-refractivity contribution >= 4 is 5.78 Å². The Bertz CT molecular complexity index is 285. The van der Waals surface area contributed by atoms with Crippen molar-refractivity contribution in [3.05, 3.63) is 30.1 Å². The van der Waals surface area contributed by atoms with Crippen LogP contribution in [-0.4, -0.2) is 24.0 Å². The molecule has 82 valence electrons. The van der Waals surface area contributed by atoms with Gasteiger partial charge < -0.3 is 4.74 Å². The first-order valence-corrected chi connectivity index (χ1v) is 5.35. The summed E-state index contributed by atoms with van der Waals surface area (Å²) in [6, 6.07) is 3.46. The summed E-state index contributed by atoms with van der Waals surface area (Å²) in [5.74, 6) is 0.119. The minimum atomic E-state index is 0.119. The number of carbonyl (C=O) groups excluding carboxylic acids is 1. The van der Waals surface area contributed by atoms with Gasteiger partial charge in [-0.3, -0.25) is 9.78 Å². The van der Waals surface area contributed by atoms with Crippen molar-refractivity contribution < 1.29 is 9.53 Å². The molecule has 0 spiro atoms. The molecule has 1 aromatic heterocycles. The summed E-state index contributed by atoms with van der Waals surface area (Å²) < 4.78 is 5.33. The zero-order valence-electron chi connectivity index (χ0n) is 9.11. The lowest BCUT2D eigenvalue weighted by Crippen LogP contribution is -2.05. The van der Waals surface area contributed by atoms with Gasteiger partial charge in [0.25, 0.3) is 0 Å². The van der Waals surface area contributed by atoms with Gasteiger partial charge in [0.05, 0.1) is 6.61 Å². The Morgan fingerprint density at radius 2 is 2.07 bits per heavy atom. The van der Waals surface area contributed by atoms with Crippen LogP contribution < -0.4 is 0 Å². The number of ether oxygens (including phenoxy) is 1. The Morgan fingerprint density at radius 1 is 1.33 bits per heavy atom. The number of unbranched alkanes of at least 4 members (excludes halogenated alkanes) is 1. The van der Waals surface area contributed by atoms with Crippen LogP contribution in [0.15, 0.2) is 24.5 Å². The molecule has 0 unspecified atom stereocenters. The molecule has 0 aliphatic carbocycles. The number of rotatable bonds is 7. The van der Waals surface area contributed by atoms with Crippen molar-refractivity contribution in [2.24, 2.45) is 0 Å². The normalized spacial score (nSPS) is 10.2. The van der Waals surface area contributed by atoms with Crippen molar-refractivity contribution in [3.63, 3.8) is 0 Å². The van der Waals surface area contributed by atoms with E-state index >= 15 is 0 Å². The molecule has 0 amide bonds. The predicted octanol–water partition coefficient (Wildman–Crippen LogP) is 2.47. The molecule has 0 saturated heterocycles. The van der Waals surface area contributed by atoms with Crippen molar-refractivity contribution in [1.82, 2.24) is 4.98 Å². The van der Waals surface area contributed by atoms with Crippen LogP contribution in [0.25, 0.3) is 0 Å². The number of Topliss-reactive ketones (excluding diaryl/α,β-unsaturated/α-hetero) is 1. The number of hydrogen-bond donors (Lipinski definition) is 0. The molecule has 1 aromatic rings. The van der Waals surface area contributed by atoms with Crippen molar-refractivity contribution in [2.75, 3.05) is 13.2 Å². The van der Waals surface area contributed by atoms with E-state index in [1.165, 1.54) is 0 Å². The second-order valence-corrected chi connectivity index (χ2v) is 3.37. The van der Waals surface area contributed by atoms with Crippen LogP contribution in [-0.2, 0) is 4.74 Å². The Balaban J connectivity index is 2.20. The molecule has 0 atom stereocenters. The summed E-state index contributed by atoms with van der Waals surface area (Å²) >= 11 is 0. The van der Waals surface area contributed by atoms with Gasteiger partial charge in [-0.2, -0.15) is 0 Å². The fraction of sp³-hybridized carbons (Fsp3) is 0.500. The molecule has 0 aromatic carbocycles. The van der Waals surface area contributed by atoms with E-state index in [-0.39, 0.29) is 5.78 Å². The average molecular weight is 207 g/mol. The first kappa shape index (κ1) is 11.9. The zero-order chi connectivity index (χ0) is 10.9. The van der Waals surface area contributed by atoms with Gasteiger partial charge >= 0.3 is 0 Å². The number of carbonyl (C=O) groups is 1. The summed E-state index contributed by atoms with van der Waals surface area (Å²) in [7, 11) is 0. The first-order valence-electron chi connectivity index (χ1n) is 5.35. The van der Waals surface area contributed by atoms with Gasteiger partial charge in [-0.05, 0) is 18.6 Å². The maximum Gasteiger partial charge on any atom is 0.165 e. The second kappa shape index (κ2) is 7.12. The van der Waals surface area contributed by atoms with Gasteiger partial charge in [0.2, 0.25) is 0 Å². The van der Waals surface area contributed by atoms with Gasteiger partial charge in [0.1, 0.15) is 0 Å². The summed E-state index contributed by atoms with van der Waals surface area (Å²) in [4.78, 5) is 15.4. The monoisotopic (exact) mass is 207 g/mol. The highest BCUT2D eigenvalue weighted by Crippen LogP contribution is 2.01. The van der Waals surface area contributed by atoms with Crippen LogP contribution in [0.3, 0.4) is 0 Å². The van der Waals surface area contributed by atoms with E-state index < -0.39 is 0 Å². The number of hydrogen-bond acceptors (Lipinski definition) is 3. The molecule has 0 radical (unpaired) electrons. The molecule has 0 fully saturated rings. The molecule has 0 aliphatic heterocycles. The molecule has 0 bridgehead atoms. The lowest BCUT2D eigenvalue weighted by molar-refractivity contribution is 0.0873. The van der Waals surface area contributed by atoms with E-state index in [9.17, 15) is 4.79 Å². The van der Waals surface area contributed by atoms with Gasteiger partial charge in [-0.15, -0.1) is 0 Å². The minimum absolute atomic E-state index is 0.119.